The van der Waals surface area contributed by atoms with E-state index in [-0.39, 0.29) is 0 Å². The molecule has 0 amide bonds. The van der Waals surface area contributed by atoms with Crippen LogP contribution in [0.2, 0.25) is 0 Å². The zero-order chi connectivity index (χ0) is 17.4. The molecule has 1 aliphatic carbocycles. The van der Waals surface area contributed by atoms with Crippen LogP contribution in [0.5, 0.6) is 0 Å². The SMILES string of the molecule is CCNC(=NCCCc1nc(C(C)C)no1)NC1CCC(C)CC1. The van der Waals surface area contributed by atoms with Crippen LogP contribution in [0.3, 0.4) is 0 Å². The van der Waals surface area contributed by atoms with Crippen LogP contribution in [0.15, 0.2) is 9.52 Å². The van der Waals surface area contributed by atoms with E-state index in [1.807, 2.05) is 0 Å². The molecule has 0 aromatic carbocycles. The van der Waals surface area contributed by atoms with Gasteiger partial charge in [-0.15, -0.1) is 0 Å². The van der Waals surface area contributed by atoms with Crippen LogP contribution in [0.1, 0.15) is 77.4 Å². The van der Waals surface area contributed by atoms with E-state index in [4.69, 9.17) is 4.52 Å². The summed E-state index contributed by atoms with van der Waals surface area (Å²) in [6.07, 6.45) is 6.80. The van der Waals surface area contributed by atoms with Crippen molar-refractivity contribution in [3.8, 4) is 0 Å². The Morgan fingerprint density at radius 2 is 2.04 bits per heavy atom. The highest BCUT2D eigenvalue weighted by atomic mass is 16.5. The predicted octanol–water partition coefficient (Wildman–Crippen LogP) is 3.26. The van der Waals surface area contributed by atoms with Crippen LogP contribution >= 0.6 is 0 Å². The number of aryl methyl sites for hydroxylation is 1. The molecular weight excluding hydrogens is 302 g/mol. The van der Waals surface area contributed by atoms with Crippen molar-refractivity contribution in [2.45, 2.75) is 78.2 Å². The zero-order valence-electron chi connectivity index (χ0n) is 15.6. The smallest absolute Gasteiger partial charge is 0.226 e. The fourth-order valence-corrected chi connectivity index (χ4v) is 2.94. The van der Waals surface area contributed by atoms with E-state index >= 15 is 0 Å². The molecule has 0 bridgehead atoms. The lowest BCUT2D eigenvalue weighted by molar-refractivity contribution is 0.329. The average Bonchev–Trinajstić information content (AvgIpc) is 3.03. The second kappa shape index (κ2) is 9.64. The number of rotatable bonds is 7. The van der Waals surface area contributed by atoms with E-state index < -0.39 is 0 Å². The minimum atomic E-state index is 0.309. The molecule has 2 N–H and O–H groups in total. The van der Waals surface area contributed by atoms with Gasteiger partial charge in [-0.25, -0.2) is 0 Å². The lowest BCUT2D eigenvalue weighted by atomic mass is 9.87. The van der Waals surface area contributed by atoms with Crippen molar-refractivity contribution in [3.05, 3.63) is 11.7 Å². The van der Waals surface area contributed by atoms with Gasteiger partial charge in [0, 0.05) is 31.5 Å². The lowest BCUT2D eigenvalue weighted by Crippen LogP contribution is -2.44. The van der Waals surface area contributed by atoms with Crippen molar-refractivity contribution in [1.82, 2.24) is 20.8 Å². The highest BCUT2D eigenvalue weighted by Gasteiger charge is 2.18. The summed E-state index contributed by atoms with van der Waals surface area (Å²) in [4.78, 5) is 9.09. The molecule has 6 heteroatoms. The number of hydrogen-bond donors (Lipinski definition) is 2. The molecule has 0 unspecified atom stereocenters. The quantitative estimate of drug-likeness (QED) is 0.454. The Bertz CT molecular complexity index is 503. The van der Waals surface area contributed by atoms with E-state index in [0.717, 1.165) is 43.6 Å². The average molecular weight is 335 g/mol. The van der Waals surface area contributed by atoms with Crippen molar-refractivity contribution in [1.29, 1.82) is 0 Å². The topological polar surface area (TPSA) is 75.3 Å². The molecule has 24 heavy (non-hydrogen) atoms. The Kier molecular flexibility index (Phi) is 7.53. The first-order valence-electron chi connectivity index (χ1n) is 9.45. The van der Waals surface area contributed by atoms with Gasteiger partial charge in [-0.3, -0.25) is 4.99 Å². The van der Waals surface area contributed by atoms with E-state index in [1.165, 1.54) is 25.7 Å². The maximum atomic E-state index is 5.27. The summed E-state index contributed by atoms with van der Waals surface area (Å²) in [5.74, 6) is 3.62. The van der Waals surface area contributed by atoms with E-state index in [9.17, 15) is 0 Å². The summed E-state index contributed by atoms with van der Waals surface area (Å²) in [5, 5.41) is 10.9. The number of nitrogens with one attached hydrogen (secondary N) is 2. The van der Waals surface area contributed by atoms with Gasteiger partial charge in [0.05, 0.1) is 0 Å². The Morgan fingerprint density at radius 1 is 1.29 bits per heavy atom. The summed E-state index contributed by atoms with van der Waals surface area (Å²) >= 11 is 0. The molecule has 1 saturated carbocycles. The molecule has 1 heterocycles. The minimum absolute atomic E-state index is 0.309. The Labute approximate surface area is 145 Å². The fourth-order valence-electron chi connectivity index (χ4n) is 2.94. The van der Waals surface area contributed by atoms with Crippen LogP contribution < -0.4 is 10.6 Å². The molecular formula is C18H33N5O. The number of aliphatic imine (C=N–C) groups is 1. The summed E-state index contributed by atoms with van der Waals surface area (Å²) in [7, 11) is 0. The highest BCUT2D eigenvalue weighted by molar-refractivity contribution is 5.80. The molecule has 0 saturated heterocycles. The van der Waals surface area contributed by atoms with Gasteiger partial charge >= 0.3 is 0 Å². The molecule has 1 aromatic rings. The second-order valence-corrected chi connectivity index (χ2v) is 7.17. The molecule has 1 aromatic heterocycles. The van der Waals surface area contributed by atoms with Gasteiger partial charge in [0.2, 0.25) is 5.89 Å². The molecule has 0 spiro atoms. The van der Waals surface area contributed by atoms with Gasteiger partial charge in [0.15, 0.2) is 11.8 Å². The third-order valence-electron chi connectivity index (χ3n) is 4.52. The Balaban J connectivity index is 1.75. The summed E-state index contributed by atoms with van der Waals surface area (Å²) in [6.45, 7) is 10.2. The van der Waals surface area contributed by atoms with Gasteiger partial charge in [0.25, 0.3) is 0 Å². The Hall–Kier alpha value is -1.59. The second-order valence-electron chi connectivity index (χ2n) is 7.17. The minimum Gasteiger partial charge on any atom is -0.357 e. The van der Waals surface area contributed by atoms with Gasteiger partial charge < -0.3 is 15.2 Å². The first-order chi connectivity index (χ1) is 11.6. The number of aromatic nitrogens is 2. The van der Waals surface area contributed by atoms with Crippen molar-refractivity contribution in [2.75, 3.05) is 13.1 Å². The monoisotopic (exact) mass is 335 g/mol. The third-order valence-corrected chi connectivity index (χ3v) is 4.52. The lowest BCUT2D eigenvalue weighted by Gasteiger charge is -2.28. The van der Waals surface area contributed by atoms with Gasteiger partial charge in [0.1, 0.15) is 0 Å². The standard InChI is InChI=1S/C18H33N5O/c1-5-19-18(21-15-10-8-14(4)9-11-15)20-12-6-7-16-22-17(13(2)3)23-24-16/h13-15H,5-12H2,1-4H3,(H2,19,20,21). The predicted molar refractivity (Wildman–Crippen MR) is 97.2 cm³/mol. The normalized spacial score (nSPS) is 22.0. The summed E-state index contributed by atoms with van der Waals surface area (Å²) in [5.41, 5.74) is 0. The zero-order valence-corrected chi connectivity index (χ0v) is 15.6. The van der Waals surface area contributed by atoms with E-state index in [1.54, 1.807) is 0 Å². The van der Waals surface area contributed by atoms with Crippen LogP contribution in [0.4, 0.5) is 0 Å². The van der Waals surface area contributed by atoms with E-state index in [0.29, 0.717) is 17.9 Å². The van der Waals surface area contributed by atoms with Crippen molar-refractivity contribution in [2.24, 2.45) is 10.9 Å². The van der Waals surface area contributed by atoms with Gasteiger partial charge in [-0.05, 0) is 44.9 Å². The number of nitrogens with zero attached hydrogens (tertiary/aromatic N) is 3. The Morgan fingerprint density at radius 3 is 2.67 bits per heavy atom. The highest BCUT2D eigenvalue weighted by Crippen LogP contribution is 2.23. The molecule has 2 rings (SSSR count). The largest absolute Gasteiger partial charge is 0.357 e. The first kappa shape index (κ1) is 18.7. The third kappa shape index (κ3) is 6.13. The maximum Gasteiger partial charge on any atom is 0.226 e. The van der Waals surface area contributed by atoms with Crippen LogP contribution in [0, 0.1) is 5.92 Å². The fraction of sp³-hybridized carbons (Fsp3) is 0.833. The number of hydrogen-bond acceptors (Lipinski definition) is 4. The summed E-state index contributed by atoms with van der Waals surface area (Å²) < 4.78 is 5.27. The van der Waals surface area contributed by atoms with Gasteiger partial charge in [-0.1, -0.05) is 25.9 Å². The van der Waals surface area contributed by atoms with Crippen LogP contribution in [-0.2, 0) is 6.42 Å². The molecule has 0 atom stereocenters. The molecule has 1 fully saturated rings. The van der Waals surface area contributed by atoms with Crippen LogP contribution in [-0.4, -0.2) is 35.2 Å². The molecule has 136 valence electrons. The first-order valence-corrected chi connectivity index (χ1v) is 9.45. The van der Waals surface area contributed by atoms with Crippen LogP contribution in [0.25, 0.3) is 0 Å². The number of guanidine groups is 1. The molecule has 0 radical (unpaired) electrons. The van der Waals surface area contributed by atoms with E-state index in [2.05, 4.69) is 53.5 Å². The van der Waals surface area contributed by atoms with Crippen molar-refractivity contribution >= 4 is 5.96 Å². The van der Waals surface area contributed by atoms with Crippen molar-refractivity contribution in [3.63, 3.8) is 0 Å². The van der Waals surface area contributed by atoms with Crippen molar-refractivity contribution < 1.29 is 4.52 Å². The molecule has 6 nitrogen and oxygen atoms in total. The van der Waals surface area contributed by atoms with Gasteiger partial charge in [-0.2, -0.15) is 4.98 Å². The molecule has 0 aliphatic heterocycles. The summed E-state index contributed by atoms with van der Waals surface area (Å²) in [6, 6.07) is 0.559. The molecule has 1 aliphatic rings. The maximum absolute atomic E-state index is 5.27.